The van der Waals surface area contributed by atoms with Crippen LogP contribution in [-0.2, 0) is 0 Å². The molecule has 0 saturated heterocycles. The number of hydrogen-bond acceptors (Lipinski definition) is 4. The molecule has 2 aromatic carbocycles. The minimum atomic E-state index is -0.290. The fourth-order valence-corrected chi connectivity index (χ4v) is 2.80. The van der Waals surface area contributed by atoms with E-state index in [1.807, 2.05) is 25.1 Å². The molecule has 0 aliphatic rings. The highest BCUT2D eigenvalue weighted by Gasteiger charge is 2.07. The molecule has 3 rings (SSSR count). The first kappa shape index (κ1) is 12.9. The predicted molar refractivity (Wildman–Crippen MR) is 80.5 cm³/mol. The number of nitrogens with zero attached hydrogens (tertiary/aromatic N) is 1. The third-order valence-electron chi connectivity index (χ3n) is 2.79. The fourth-order valence-electron chi connectivity index (χ4n) is 1.89. The lowest BCUT2D eigenvalue weighted by molar-refractivity contribution is 0.341. The smallest absolute Gasteiger partial charge is 0.188 e. The molecule has 3 aromatic rings. The van der Waals surface area contributed by atoms with Gasteiger partial charge in [0.2, 0.25) is 0 Å². The van der Waals surface area contributed by atoms with Crippen molar-refractivity contribution in [2.24, 2.45) is 0 Å². The molecule has 102 valence electrons. The molecule has 0 spiro atoms. The predicted octanol–water partition coefficient (Wildman–Crippen LogP) is 4.58. The second kappa shape index (κ2) is 5.46. The average molecular weight is 288 g/mol. The Labute approximate surface area is 120 Å². The van der Waals surface area contributed by atoms with E-state index in [2.05, 4.69) is 10.3 Å². The zero-order valence-corrected chi connectivity index (χ0v) is 11.7. The van der Waals surface area contributed by atoms with Crippen LogP contribution >= 0.6 is 11.3 Å². The van der Waals surface area contributed by atoms with Crippen LogP contribution in [0.2, 0.25) is 0 Å². The second-order valence-electron chi connectivity index (χ2n) is 4.19. The van der Waals surface area contributed by atoms with E-state index in [4.69, 9.17) is 4.74 Å². The van der Waals surface area contributed by atoms with Gasteiger partial charge in [0.15, 0.2) is 5.13 Å². The topological polar surface area (TPSA) is 34.1 Å². The van der Waals surface area contributed by atoms with Crippen LogP contribution in [0.3, 0.4) is 0 Å². The molecule has 0 atom stereocenters. The van der Waals surface area contributed by atoms with Crippen molar-refractivity contribution in [1.82, 2.24) is 4.98 Å². The standard InChI is InChI=1S/C15H13FN2OS/c1-2-19-10-7-8-13-14(9-10)20-15(18-13)17-12-6-4-3-5-11(12)16/h3-9H,2H2,1H3,(H,17,18). The van der Waals surface area contributed by atoms with Gasteiger partial charge in [-0.3, -0.25) is 0 Å². The maximum atomic E-state index is 13.6. The molecule has 1 N–H and O–H groups in total. The highest BCUT2D eigenvalue weighted by Crippen LogP contribution is 2.31. The molecule has 0 bridgehead atoms. The first-order chi connectivity index (χ1) is 9.76. The van der Waals surface area contributed by atoms with E-state index in [1.54, 1.807) is 18.2 Å². The van der Waals surface area contributed by atoms with Crippen LogP contribution in [-0.4, -0.2) is 11.6 Å². The van der Waals surface area contributed by atoms with Crippen molar-refractivity contribution in [2.45, 2.75) is 6.92 Å². The molecule has 0 unspecified atom stereocenters. The first-order valence-electron chi connectivity index (χ1n) is 6.31. The SMILES string of the molecule is CCOc1ccc2nc(Nc3ccccc3F)sc2c1. The van der Waals surface area contributed by atoms with Crippen molar-refractivity contribution < 1.29 is 9.13 Å². The molecule has 1 heterocycles. The molecule has 1 aromatic heterocycles. The number of para-hydroxylation sites is 1. The zero-order chi connectivity index (χ0) is 13.9. The van der Waals surface area contributed by atoms with Gasteiger partial charge in [-0.15, -0.1) is 0 Å². The van der Waals surface area contributed by atoms with Gasteiger partial charge in [0.05, 0.1) is 22.5 Å². The number of anilines is 2. The van der Waals surface area contributed by atoms with Gasteiger partial charge >= 0.3 is 0 Å². The minimum Gasteiger partial charge on any atom is -0.494 e. The van der Waals surface area contributed by atoms with Crippen molar-refractivity contribution >= 4 is 32.4 Å². The molecular weight excluding hydrogens is 275 g/mol. The molecule has 0 aliphatic carbocycles. The zero-order valence-electron chi connectivity index (χ0n) is 10.9. The van der Waals surface area contributed by atoms with Gasteiger partial charge < -0.3 is 10.1 Å². The van der Waals surface area contributed by atoms with Crippen molar-refractivity contribution in [3.8, 4) is 5.75 Å². The van der Waals surface area contributed by atoms with E-state index in [0.29, 0.717) is 17.4 Å². The van der Waals surface area contributed by atoms with E-state index in [-0.39, 0.29) is 5.82 Å². The summed E-state index contributed by atoms with van der Waals surface area (Å²) in [6.45, 7) is 2.58. The average Bonchev–Trinajstić information content (AvgIpc) is 2.83. The fraction of sp³-hybridized carbons (Fsp3) is 0.133. The van der Waals surface area contributed by atoms with Crippen molar-refractivity contribution in [2.75, 3.05) is 11.9 Å². The van der Waals surface area contributed by atoms with Gasteiger partial charge in [-0.05, 0) is 37.3 Å². The molecule has 3 nitrogen and oxygen atoms in total. The summed E-state index contributed by atoms with van der Waals surface area (Å²) in [6.07, 6.45) is 0. The molecule has 0 radical (unpaired) electrons. The lowest BCUT2D eigenvalue weighted by atomic mass is 10.3. The maximum absolute atomic E-state index is 13.6. The van der Waals surface area contributed by atoms with E-state index >= 15 is 0 Å². The Hall–Kier alpha value is -2.14. The number of thiazole rings is 1. The number of hydrogen-bond donors (Lipinski definition) is 1. The number of fused-ring (bicyclic) bond motifs is 1. The highest BCUT2D eigenvalue weighted by atomic mass is 32.1. The highest BCUT2D eigenvalue weighted by molar-refractivity contribution is 7.22. The van der Waals surface area contributed by atoms with Crippen LogP contribution in [0.15, 0.2) is 42.5 Å². The number of rotatable bonds is 4. The number of nitrogens with one attached hydrogen (secondary N) is 1. The van der Waals surface area contributed by atoms with Crippen LogP contribution in [0.1, 0.15) is 6.92 Å². The monoisotopic (exact) mass is 288 g/mol. The van der Waals surface area contributed by atoms with E-state index in [9.17, 15) is 4.39 Å². The van der Waals surface area contributed by atoms with Crippen molar-refractivity contribution in [3.05, 3.63) is 48.3 Å². The van der Waals surface area contributed by atoms with Crippen LogP contribution in [0, 0.1) is 5.82 Å². The second-order valence-corrected chi connectivity index (χ2v) is 5.22. The van der Waals surface area contributed by atoms with E-state index < -0.39 is 0 Å². The number of halogens is 1. The van der Waals surface area contributed by atoms with Gasteiger partial charge in [0.1, 0.15) is 11.6 Å². The Morgan fingerprint density at radius 1 is 1.25 bits per heavy atom. The van der Waals surface area contributed by atoms with E-state index in [1.165, 1.54) is 17.4 Å². The van der Waals surface area contributed by atoms with E-state index in [0.717, 1.165) is 16.0 Å². The molecule has 0 saturated carbocycles. The lowest BCUT2D eigenvalue weighted by Crippen LogP contribution is -1.92. The van der Waals surface area contributed by atoms with Crippen molar-refractivity contribution in [1.29, 1.82) is 0 Å². The Morgan fingerprint density at radius 3 is 2.90 bits per heavy atom. The molecule has 0 aliphatic heterocycles. The largest absolute Gasteiger partial charge is 0.494 e. The third kappa shape index (κ3) is 2.58. The summed E-state index contributed by atoms with van der Waals surface area (Å²) in [5, 5.41) is 3.67. The lowest BCUT2D eigenvalue weighted by Gasteiger charge is -2.02. The van der Waals surface area contributed by atoms with Crippen LogP contribution in [0.25, 0.3) is 10.2 Å². The summed E-state index contributed by atoms with van der Waals surface area (Å²) in [7, 11) is 0. The molecule has 5 heteroatoms. The number of aromatic nitrogens is 1. The summed E-state index contributed by atoms with van der Waals surface area (Å²) < 4.78 is 20.1. The minimum absolute atomic E-state index is 0.290. The quantitative estimate of drug-likeness (QED) is 0.763. The maximum Gasteiger partial charge on any atom is 0.188 e. The Morgan fingerprint density at radius 2 is 2.10 bits per heavy atom. The van der Waals surface area contributed by atoms with Crippen LogP contribution in [0.4, 0.5) is 15.2 Å². The van der Waals surface area contributed by atoms with Gasteiger partial charge in [-0.2, -0.15) is 0 Å². The summed E-state index contributed by atoms with van der Waals surface area (Å²) >= 11 is 1.47. The first-order valence-corrected chi connectivity index (χ1v) is 7.13. The van der Waals surface area contributed by atoms with Gasteiger partial charge in [0, 0.05) is 0 Å². The Kier molecular flexibility index (Phi) is 3.52. The summed E-state index contributed by atoms with van der Waals surface area (Å²) in [5.41, 5.74) is 1.30. The molecule has 20 heavy (non-hydrogen) atoms. The van der Waals surface area contributed by atoms with Gasteiger partial charge in [-0.25, -0.2) is 9.37 Å². The normalized spacial score (nSPS) is 10.7. The number of benzene rings is 2. The summed E-state index contributed by atoms with van der Waals surface area (Å²) in [4.78, 5) is 4.44. The number of ether oxygens (including phenoxy) is 1. The van der Waals surface area contributed by atoms with Gasteiger partial charge in [0.25, 0.3) is 0 Å². The molecule has 0 amide bonds. The Bertz CT molecular complexity index is 742. The van der Waals surface area contributed by atoms with Crippen molar-refractivity contribution in [3.63, 3.8) is 0 Å². The molecular formula is C15H13FN2OS. The van der Waals surface area contributed by atoms with Gasteiger partial charge in [-0.1, -0.05) is 23.5 Å². The third-order valence-corrected chi connectivity index (χ3v) is 3.72. The summed E-state index contributed by atoms with van der Waals surface area (Å²) in [5.74, 6) is 0.530. The Balaban J connectivity index is 1.91. The summed E-state index contributed by atoms with van der Waals surface area (Å²) in [6, 6.07) is 12.3. The molecule has 0 fully saturated rings. The van der Waals surface area contributed by atoms with Crippen LogP contribution in [0.5, 0.6) is 5.75 Å². The van der Waals surface area contributed by atoms with Crippen LogP contribution < -0.4 is 10.1 Å².